The van der Waals surface area contributed by atoms with E-state index >= 15 is 8.78 Å². The third-order valence-electron chi connectivity index (χ3n) is 6.61. The second kappa shape index (κ2) is 13.7. The summed E-state index contributed by atoms with van der Waals surface area (Å²) in [4.78, 5) is 16.8. The van der Waals surface area contributed by atoms with Crippen LogP contribution in [0.2, 0.25) is 0 Å². The molecule has 0 aliphatic rings. The summed E-state index contributed by atoms with van der Waals surface area (Å²) in [6.07, 6.45) is 0.0590. The molecule has 0 radical (unpaired) electrons. The molecule has 1 atom stereocenters. The van der Waals surface area contributed by atoms with Crippen LogP contribution in [0.5, 0.6) is 0 Å². The summed E-state index contributed by atoms with van der Waals surface area (Å²) in [7, 11) is 1.81. The van der Waals surface area contributed by atoms with Crippen molar-refractivity contribution in [3.05, 3.63) is 137 Å². The molecule has 4 aromatic rings. The first-order chi connectivity index (χ1) is 18.9. The molecule has 0 aromatic heterocycles. The second-order valence-electron chi connectivity index (χ2n) is 10.0. The number of halogens is 2. The van der Waals surface area contributed by atoms with Crippen molar-refractivity contribution >= 4 is 11.6 Å². The van der Waals surface area contributed by atoms with E-state index in [9.17, 15) is 4.79 Å². The number of carbonyl (C=O) groups excluding carboxylic acids is 1. The summed E-state index contributed by atoms with van der Waals surface area (Å²) in [5.41, 5.74) is 3.71. The van der Waals surface area contributed by atoms with Gasteiger partial charge in [0.15, 0.2) is 0 Å². The van der Waals surface area contributed by atoms with Crippen LogP contribution in [0.25, 0.3) is 0 Å². The van der Waals surface area contributed by atoms with Crippen LogP contribution >= 0.6 is 0 Å². The van der Waals surface area contributed by atoms with Crippen molar-refractivity contribution in [2.75, 3.05) is 18.5 Å². The van der Waals surface area contributed by atoms with E-state index < -0.39 is 17.7 Å². The van der Waals surface area contributed by atoms with Crippen LogP contribution < -0.4 is 10.2 Å². The van der Waals surface area contributed by atoms with Crippen LogP contribution in [0.1, 0.15) is 29.2 Å². The topological polar surface area (TPSA) is 35.6 Å². The van der Waals surface area contributed by atoms with Gasteiger partial charge in [0.25, 0.3) is 0 Å². The zero-order chi connectivity index (χ0) is 27.6. The molecule has 39 heavy (non-hydrogen) atoms. The molecule has 1 N–H and O–H groups in total. The van der Waals surface area contributed by atoms with Crippen molar-refractivity contribution in [3.8, 4) is 0 Å². The number of nitrogens with one attached hydrogen (secondary N) is 1. The molecule has 0 spiro atoms. The maximum atomic E-state index is 15.0. The number of rotatable bonds is 12. The van der Waals surface area contributed by atoms with Crippen LogP contribution in [0.15, 0.2) is 103 Å². The molecule has 1 amide bonds. The van der Waals surface area contributed by atoms with Crippen LogP contribution in [-0.2, 0) is 30.8 Å². The van der Waals surface area contributed by atoms with Gasteiger partial charge in [0.05, 0.1) is 6.54 Å². The zero-order valence-corrected chi connectivity index (χ0v) is 22.5. The highest BCUT2D eigenvalue weighted by Crippen LogP contribution is 2.24. The van der Waals surface area contributed by atoms with Crippen molar-refractivity contribution in [1.29, 1.82) is 0 Å². The summed E-state index contributed by atoms with van der Waals surface area (Å²) in [5, 5.41) is 2.93. The van der Waals surface area contributed by atoms with Gasteiger partial charge in [0.1, 0.15) is 11.6 Å². The van der Waals surface area contributed by atoms with E-state index in [4.69, 9.17) is 0 Å². The molecular formula is C33H35F2N3O. The number of carbonyl (C=O) groups is 1. The van der Waals surface area contributed by atoms with Crippen molar-refractivity contribution in [1.82, 2.24) is 10.2 Å². The minimum absolute atomic E-state index is 0.0231. The van der Waals surface area contributed by atoms with Gasteiger partial charge in [0.2, 0.25) is 5.91 Å². The van der Waals surface area contributed by atoms with Gasteiger partial charge in [-0.3, -0.25) is 9.69 Å². The highest BCUT2D eigenvalue weighted by atomic mass is 19.1. The second-order valence-corrected chi connectivity index (χ2v) is 10.0. The SMILES string of the molecule is CC(Cc1c(F)cc(N(C)Cc2ccccc2)cc1F)NC(=O)CN(Cc1ccccc1)Cc1ccccc1. The Balaban J connectivity index is 1.37. The first-order valence-electron chi connectivity index (χ1n) is 13.2. The van der Waals surface area contributed by atoms with Gasteiger partial charge >= 0.3 is 0 Å². The fraction of sp³-hybridized carbons (Fsp3) is 0.242. The zero-order valence-electron chi connectivity index (χ0n) is 22.5. The van der Waals surface area contributed by atoms with E-state index in [-0.39, 0.29) is 24.4 Å². The maximum Gasteiger partial charge on any atom is 0.234 e. The lowest BCUT2D eigenvalue weighted by Gasteiger charge is -2.24. The molecular weight excluding hydrogens is 492 g/mol. The molecule has 4 rings (SSSR count). The van der Waals surface area contributed by atoms with Crippen molar-refractivity contribution in [3.63, 3.8) is 0 Å². The van der Waals surface area contributed by atoms with Gasteiger partial charge in [0, 0.05) is 44.0 Å². The largest absolute Gasteiger partial charge is 0.370 e. The minimum atomic E-state index is -0.610. The van der Waals surface area contributed by atoms with Crippen molar-refractivity contribution < 1.29 is 13.6 Å². The molecule has 4 aromatic carbocycles. The number of benzene rings is 4. The molecule has 0 heterocycles. The van der Waals surface area contributed by atoms with Gasteiger partial charge in [-0.2, -0.15) is 0 Å². The lowest BCUT2D eigenvalue weighted by molar-refractivity contribution is -0.123. The average molecular weight is 528 g/mol. The first kappa shape index (κ1) is 28.0. The highest BCUT2D eigenvalue weighted by Gasteiger charge is 2.19. The Kier molecular flexibility index (Phi) is 9.81. The summed E-state index contributed by atoms with van der Waals surface area (Å²) in [5.74, 6) is -1.41. The minimum Gasteiger partial charge on any atom is -0.370 e. The lowest BCUT2D eigenvalue weighted by atomic mass is 10.0. The number of anilines is 1. The number of hydrogen-bond donors (Lipinski definition) is 1. The summed E-state index contributed by atoms with van der Waals surface area (Å²) in [6, 6.07) is 32.0. The van der Waals surface area contributed by atoms with Crippen molar-refractivity contribution in [2.24, 2.45) is 0 Å². The molecule has 0 saturated carbocycles. The Morgan fingerprint density at radius 3 is 1.64 bits per heavy atom. The lowest BCUT2D eigenvalue weighted by Crippen LogP contribution is -2.41. The fourth-order valence-corrected chi connectivity index (χ4v) is 4.69. The normalized spacial score (nSPS) is 11.8. The Labute approximate surface area is 229 Å². The third kappa shape index (κ3) is 8.48. The van der Waals surface area contributed by atoms with E-state index in [2.05, 4.69) is 10.2 Å². The van der Waals surface area contributed by atoms with E-state index in [1.165, 1.54) is 12.1 Å². The van der Waals surface area contributed by atoms with E-state index in [0.717, 1.165) is 16.7 Å². The summed E-state index contributed by atoms with van der Waals surface area (Å²) >= 11 is 0. The first-order valence-corrected chi connectivity index (χ1v) is 13.2. The van der Waals surface area contributed by atoms with Gasteiger partial charge in [-0.05, 0) is 42.2 Å². The molecule has 4 nitrogen and oxygen atoms in total. The van der Waals surface area contributed by atoms with Crippen LogP contribution in [0.4, 0.5) is 14.5 Å². The fourth-order valence-electron chi connectivity index (χ4n) is 4.69. The van der Waals surface area contributed by atoms with Crippen molar-refractivity contribution in [2.45, 2.75) is 39.0 Å². The number of nitrogens with zero attached hydrogens (tertiary/aromatic N) is 2. The Hall–Kier alpha value is -4.03. The predicted octanol–water partition coefficient (Wildman–Crippen LogP) is 6.35. The van der Waals surface area contributed by atoms with Crippen LogP contribution in [-0.4, -0.2) is 30.4 Å². The van der Waals surface area contributed by atoms with Gasteiger partial charge in [-0.1, -0.05) is 91.0 Å². The standard InChI is InChI=1S/C33H35F2N3O/c1-25(18-30-31(34)19-29(20-32(30)35)37(2)21-26-12-6-3-7-13-26)36-33(39)24-38(22-27-14-8-4-9-15-27)23-28-16-10-5-11-17-28/h3-17,19-20,25H,18,21-24H2,1-2H3,(H,36,39). The quantitative estimate of drug-likeness (QED) is 0.233. The molecule has 0 bridgehead atoms. The molecule has 0 saturated heterocycles. The van der Waals surface area contributed by atoms with Gasteiger partial charge in [-0.25, -0.2) is 8.78 Å². The van der Waals surface area contributed by atoms with Gasteiger partial charge in [-0.15, -0.1) is 0 Å². The van der Waals surface area contributed by atoms with Gasteiger partial charge < -0.3 is 10.2 Å². The summed E-state index contributed by atoms with van der Waals surface area (Å²) in [6.45, 7) is 3.69. The smallest absolute Gasteiger partial charge is 0.234 e. The molecule has 1 unspecified atom stereocenters. The highest BCUT2D eigenvalue weighted by molar-refractivity contribution is 5.78. The predicted molar refractivity (Wildman–Crippen MR) is 153 cm³/mol. The number of amides is 1. The average Bonchev–Trinajstić information content (AvgIpc) is 2.92. The Bertz CT molecular complexity index is 1270. The molecule has 0 aliphatic carbocycles. The summed E-state index contributed by atoms with van der Waals surface area (Å²) < 4.78 is 30.0. The molecule has 202 valence electrons. The van der Waals surface area contributed by atoms with E-state index in [1.807, 2.05) is 95.9 Å². The third-order valence-corrected chi connectivity index (χ3v) is 6.61. The van der Waals surface area contributed by atoms with E-state index in [0.29, 0.717) is 25.3 Å². The maximum absolute atomic E-state index is 15.0. The number of hydrogen-bond acceptors (Lipinski definition) is 3. The molecule has 0 fully saturated rings. The van der Waals surface area contributed by atoms with Crippen LogP contribution in [0.3, 0.4) is 0 Å². The van der Waals surface area contributed by atoms with E-state index in [1.54, 1.807) is 14.0 Å². The van der Waals surface area contributed by atoms with Crippen LogP contribution in [0, 0.1) is 11.6 Å². The Morgan fingerprint density at radius 1 is 0.744 bits per heavy atom. The molecule has 0 aliphatic heterocycles. The monoisotopic (exact) mass is 527 g/mol. The Morgan fingerprint density at radius 2 is 1.18 bits per heavy atom. The molecule has 6 heteroatoms.